The lowest BCUT2D eigenvalue weighted by atomic mass is 9.84. The Kier molecular flexibility index (Phi) is 14.9. The van der Waals surface area contributed by atoms with Crippen molar-refractivity contribution in [3.05, 3.63) is 70.8 Å². The normalized spacial score (nSPS) is 21.7. The van der Waals surface area contributed by atoms with Crippen molar-refractivity contribution in [3.63, 3.8) is 0 Å². The first-order chi connectivity index (χ1) is 31.9. The minimum Gasteiger partial charge on any atom is -0.464 e. The Labute approximate surface area is 398 Å². The predicted molar refractivity (Wildman–Crippen MR) is 259 cm³/mol. The van der Waals surface area contributed by atoms with Gasteiger partial charge in [0.2, 0.25) is 11.8 Å². The summed E-state index contributed by atoms with van der Waals surface area (Å²) in [7, 11) is 6.72. The van der Waals surface area contributed by atoms with Gasteiger partial charge in [-0.15, -0.1) is 11.3 Å². The van der Waals surface area contributed by atoms with Crippen LogP contribution in [-0.2, 0) is 48.0 Å². The van der Waals surface area contributed by atoms with Crippen LogP contribution in [0.3, 0.4) is 0 Å². The number of aromatic nitrogens is 3. The molecule has 2 N–H and O–H groups in total. The number of esters is 1. The molecule has 1 aliphatic carbocycles. The van der Waals surface area contributed by atoms with Gasteiger partial charge in [-0.05, 0) is 87.8 Å². The van der Waals surface area contributed by atoms with Gasteiger partial charge in [0.05, 0.1) is 34.8 Å². The number of carbonyl (C=O) groups is 5. The fourth-order valence-electron chi connectivity index (χ4n) is 9.79. The number of hydrogen-bond acceptors (Lipinski definition) is 11. The zero-order chi connectivity index (χ0) is 48.5. The van der Waals surface area contributed by atoms with E-state index in [1.165, 1.54) is 27.3 Å². The summed E-state index contributed by atoms with van der Waals surface area (Å²) in [5, 5.41) is 8.11. The average Bonchev–Trinajstić information content (AvgIpc) is 3.89. The molecule has 3 aromatic heterocycles. The van der Waals surface area contributed by atoms with Crippen LogP contribution < -0.4 is 10.7 Å². The Hall–Kier alpha value is -5.65. The fraction of sp³-hybridized carbons (Fsp3) is 0.540. The molecule has 5 heterocycles. The standard InChI is InChI=1S/C50H67N9O7S/c1-12-42(60)55(8)32-23-33(24-32)56(9)49(64)57(10)44(29(3)4)46(61)53-38-25-41-52-39(27-67-41)31-18-19-40-35(22-31)36(45(58(40)13-2)34-16-14-20-51-43(34)30(5)65-11)26-50(6,7)28-66-48(63)37-17-15-21-59(54-37)47(38)62/h12,14,16,18-20,22,27,29-30,32-33,37-38,44,54H,1,13,15,17,21,23-26,28H2,2-11H3,(H,53,61)/t30-,32?,33?,37-,38-,44-/m0/s1. The maximum atomic E-state index is 14.7. The van der Waals surface area contributed by atoms with E-state index in [0.717, 1.165) is 44.7 Å². The number of benzene rings is 1. The molecule has 0 unspecified atom stereocenters. The molecule has 2 aliphatic heterocycles. The van der Waals surface area contributed by atoms with E-state index in [0.29, 0.717) is 50.2 Å². The third-order valence-electron chi connectivity index (χ3n) is 13.8. The summed E-state index contributed by atoms with van der Waals surface area (Å²) in [5.41, 5.74) is 9.26. The van der Waals surface area contributed by atoms with Crippen LogP contribution in [0.5, 0.6) is 0 Å². The van der Waals surface area contributed by atoms with Crippen molar-refractivity contribution < 1.29 is 33.4 Å². The highest BCUT2D eigenvalue weighted by atomic mass is 32.1. The third-order valence-corrected chi connectivity index (χ3v) is 14.7. The van der Waals surface area contributed by atoms with Gasteiger partial charge in [-0.1, -0.05) is 40.3 Å². The number of likely N-dealkylation sites (N-methyl/N-ethyl adjacent to an activating group) is 2. The SMILES string of the molecule is C=CC(=O)N(C)C1CC(N(C)C(=O)N(C)[C@H](C(=O)N[C@H]2Cc3nc(cs3)-c3ccc4c(c3)c(c(-c3cccnc3[C@H](C)OC)n4CC)CC(C)(C)COC(=O)[C@@H]3CCCN(N3)C2=O)C(C)C)C1. The Morgan fingerprint density at radius 3 is 2.52 bits per heavy atom. The first kappa shape index (κ1) is 49.3. The lowest BCUT2D eigenvalue weighted by molar-refractivity contribution is -0.155. The lowest BCUT2D eigenvalue weighted by Crippen LogP contribution is -2.63. The van der Waals surface area contributed by atoms with Crippen LogP contribution in [0.15, 0.2) is 54.6 Å². The Balaban J connectivity index is 1.23. The van der Waals surface area contributed by atoms with Crippen LogP contribution in [0.25, 0.3) is 33.4 Å². The Morgan fingerprint density at radius 2 is 1.84 bits per heavy atom. The smallest absolute Gasteiger partial charge is 0.324 e. The van der Waals surface area contributed by atoms with Gasteiger partial charge in [0.15, 0.2) is 0 Å². The van der Waals surface area contributed by atoms with Crippen molar-refractivity contribution in [2.24, 2.45) is 11.3 Å². The molecule has 5 amide bonds. The molecule has 0 spiro atoms. The van der Waals surface area contributed by atoms with E-state index in [1.807, 2.05) is 32.2 Å². The lowest BCUT2D eigenvalue weighted by Gasteiger charge is -2.46. The number of rotatable bonds is 11. The summed E-state index contributed by atoms with van der Waals surface area (Å²) in [4.78, 5) is 83.8. The third kappa shape index (κ3) is 10.1. The molecule has 7 rings (SSSR count). The number of hydrogen-bond donors (Lipinski definition) is 2. The number of hydrazine groups is 1. The monoisotopic (exact) mass is 937 g/mol. The molecule has 1 aromatic carbocycles. The number of nitrogens with one attached hydrogen (secondary N) is 2. The number of pyridine rings is 1. The molecule has 4 atom stereocenters. The number of ether oxygens (including phenoxy) is 2. The largest absolute Gasteiger partial charge is 0.464 e. The number of carbonyl (C=O) groups excluding carboxylic acids is 5. The zero-order valence-electron chi connectivity index (χ0n) is 40.6. The number of methoxy groups -OCH3 is 1. The van der Waals surface area contributed by atoms with Gasteiger partial charge < -0.3 is 34.1 Å². The molecule has 3 aliphatic rings. The molecule has 67 heavy (non-hydrogen) atoms. The van der Waals surface area contributed by atoms with Crippen LogP contribution in [0, 0.1) is 11.3 Å². The predicted octanol–water partition coefficient (Wildman–Crippen LogP) is 6.39. The summed E-state index contributed by atoms with van der Waals surface area (Å²) >= 11 is 1.41. The maximum Gasteiger partial charge on any atom is 0.324 e. The molecular weight excluding hydrogens is 871 g/mol. The second-order valence-electron chi connectivity index (χ2n) is 19.4. The van der Waals surface area contributed by atoms with E-state index in [-0.39, 0.29) is 49.1 Å². The van der Waals surface area contributed by atoms with Gasteiger partial charge in [-0.25, -0.2) is 15.2 Å². The van der Waals surface area contributed by atoms with E-state index in [9.17, 15) is 24.0 Å². The molecular formula is C50H67N9O7S. The molecule has 1 saturated carbocycles. The molecule has 16 nitrogen and oxygen atoms in total. The molecule has 17 heteroatoms. The second-order valence-corrected chi connectivity index (χ2v) is 20.3. The van der Waals surface area contributed by atoms with Crippen LogP contribution in [0.4, 0.5) is 4.79 Å². The molecule has 0 radical (unpaired) electrons. The molecule has 360 valence electrons. The Bertz CT molecular complexity index is 2510. The molecule has 4 aromatic rings. The fourth-order valence-corrected chi connectivity index (χ4v) is 10.6. The molecule has 1 saturated heterocycles. The quantitative estimate of drug-likeness (QED) is 0.127. The van der Waals surface area contributed by atoms with Crippen molar-refractivity contribution in [2.45, 2.75) is 123 Å². The van der Waals surface area contributed by atoms with Crippen LogP contribution in [0.2, 0.25) is 0 Å². The first-order valence-electron chi connectivity index (χ1n) is 23.4. The van der Waals surface area contributed by atoms with Crippen molar-refractivity contribution in [3.8, 4) is 22.5 Å². The molecule has 2 fully saturated rings. The highest BCUT2D eigenvalue weighted by Crippen LogP contribution is 2.42. The summed E-state index contributed by atoms with van der Waals surface area (Å²) in [6.07, 6.45) is 5.67. The summed E-state index contributed by atoms with van der Waals surface area (Å²) in [5.74, 6) is -1.86. The summed E-state index contributed by atoms with van der Waals surface area (Å²) < 4.78 is 14.2. The summed E-state index contributed by atoms with van der Waals surface area (Å²) in [6, 6.07) is 7.13. The van der Waals surface area contributed by atoms with Crippen molar-refractivity contribution in [1.82, 2.24) is 45.0 Å². The van der Waals surface area contributed by atoms with Gasteiger partial charge in [0.1, 0.15) is 18.1 Å². The highest BCUT2D eigenvalue weighted by molar-refractivity contribution is 7.10. The van der Waals surface area contributed by atoms with Crippen LogP contribution >= 0.6 is 11.3 Å². The number of cyclic esters (lactones) is 1. The van der Waals surface area contributed by atoms with Crippen molar-refractivity contribution in [2.75, 3.05) is 41.4 Å². The maximum absolute atomic E-state index is 14.7. The number of urea groups is 1. The highest BCUT2D eigenvalue weighted by Gasteiger charge is 2.42. The van der Waals surface area contributed by atoms with Crippen LogP contribution in [-0.4, -0.2) is 136 Å². The first-order valence-corrected chi connectivity index (χ1v) is 24.3. The minimum atomic E-state index is -1.09. The topological polar surface area (TPSA) is 172 Å². The van der Waals surface area contributed by atoms with E-state index >= 15 is 0 Å². The summed E-state index contributed by atoms with van der Waals surface area (Å²) in [6.45, 7) is 16.8. The van der Waals surface area contributed by atoms with Crippen molar-refractivity contribution in [1.29, 1.82) is 0 Å². The van der Waals surface area contributed by atoms with Crippen LogP contribution in [0.1, 0.15) is 89.6 Å². The number of thiazole rings is 1. The number of aryl methyl sites for hydroxylation is 1. The van der Waals surface area contributed by atoms with Crippen molar-refractivity contribution >= 4 is 52.0 Å². The number of nitrogens with zero attached hydrogens (tertiary/aromatic N) is 7. The minimum absolute atomic E-state index is 0.0145. The number of amides is 5. The van der Waals surface area contributed by atoms with E-state index in [2.05, 4.69) is 66.9 Å². The van der Waals surface area contributed by atoms with E-state index < -0.39 is 41.3 Å². The zero-order valence-corrected chi connectivity index (χ0v) is 41.4. The average molecular weight is 938 g/mol. The van der Waals surface area contributed by atoms with Gasteiger partial charge >= 0.3 is 12.0 Å². The van der Waals surface area contributed by atoms with Gasteiger partial charge in [-0.2, -0.15) is 0 Å². The Morgan fingerprint density at radius 1 is 1.10 bits per heavy atom. The van der Waals surface area contributed by atoms with E-state index in [1.54, 1.807) is 44.2 Å². The van der Waals surface area contributed by atoms with Gasteiger partial charge in [0.25, 0.3) is 5.91 Å². The van der Waals surface area contributed by atoms with Gasteiger partial charge in [-0.3, -0.25) is 29.2 Å². The second kappa shape index (κ2) is 20.3. The molecule has 6 bridgehead atoms. The van der Waals surface area contributed by atoms with Gasteiger partial charge in [0, 0.05) is 98.9 Å². The number of fused-ring (bicyclic) bond motifs is 6. The van der Waals surface area contributed by atoms with E-state index in [4.69, 9.17) is 19.4 Å².